The summed E-state index contributed by atoms with van der Waals surface area (Å²) in [6.07, 6.45) is 0.848. The van der Waals surface area contributed by atoms with Crippen molar-refractivity contribution in [1.82, 2.24) is 8.87 Å². The van der Waals surface area contributed by atoms with Gasteiger partial charge in [0.15, 0.2) is 0 Å². The van der Waals surface area contributed by atoms with Gasteiger partial charge in [0.05, 0.1) is 4.90 Å². The van der Waals surface area contributed by atoms with Gasteiger partial charge in [0, 0.05) is 49.1 Å². The van der Waals surface area contributed by atoms with Gasteiger partial charge in [0.1, 0.15) is 11.6 Å². The highest BCUT2D eigenvalue weighted by atomic mass is 32.2. The molecule has 0 saturated carbocycles. The number of hydrogen-bond donors (Lipinski definition) is 1. The van der Waals surface area contributed by atoms with Gasteiger partial charge in [-0.25, -0.2) is 17.2 Å². The van der Waals surface area contributed by atoms with Crippen LogP contribution in [0.3, 0.4) is 0 Å². The molecule has 1 aliphatic rings. The predicted octanol–water partition coefficient (Wildman–Crippen LogP) is 3.53. The van der Waals surface area contributed by atoms with Crippen molar-refractivity contribution in [2.75, 3.05) is 6.54 Å². The van der Waals surface area contributed by atoms with Crippen LogP contribution in [0.1, 0.15) is 24.1 Å². The number of carboxylic acids is 1. The Morgan fingerprint density at radius 3 is 2.47 bits per heavy atom. The Kier molecular flexibility index (Phi) is 5.33. The van der Waals surface area contributed by atoms with Crippen LogP contribution in [0, 0.1) is 11.6 Å². The second-order valence-electron chi connectivity index (χ2n) is 7.28. The zero-order valence-corrected chi connectivity index (χ0v) is 16.8. The highest BCUT2D eigenvalue weighted by Gasteiger charge is 2.31. The summed E-state index contributed by atoms with van der Waals surface area (Å²) < 4.78 is 56.5. The number of carboxylic acid groups (broad SMARTS) is 1. The molecule has 0 spiro atoms. The smallest absolute Gasteiger partial charge is 0.303 e. The van der Waals surface area contributed by atoms with E-state index >= 15 is 0 Å². The lowest BCUT2D eigenvalue weighted by atomic mass is 10.1. The third-order valence-corrected chi connectivity index (χ3v) is 7.26. The summed E-state index contributed by atoms with van der Waals surface area (Å²) in [6.45, 7) is 0.750. The molecular weight excluding hydrogens is 414 g/mol. The number of benzene rings is 2. The molecule has 9 heteroatoms. The number of aliphatic carboxylic acids is 1. The molecule has 1 aromatic heterocycles. The first kappa shape index (κ1) is 20.5. The third-order valence-electron chi connectivity index (χ3n) is 5.40. The maximum absolute atomic E-state index is 14.0. The fourth-order valence-electron chi connectivity index (χ4n) is 4.00. The normalized spacial score (nSPS) is 14.7. The van der Waals surface area contributed by atoms with Crippen LogP contribution in [0.2, 0.25) is 0 Å². The van der Waals surface area contributed by atoms with Crippen LogP contribution < -0.4 is 0 Å². The van der Waals surface area contributed by atoms with Crippen LogP contribution in [-0.4, -0.2) is 34.9 Å². The number of carbonyl (C=O) groups is 1. The molecule has 158 valence electrons. The van der Waals surface area contributed by atoms with Crippen LogP contribution in [0.15, 0.2) is 47.4 Å². The number of aromatic nitrogens is 1. The maximum atomic E-state index is 14.0. The first-order chi connectivity index (χ1) is 14.3. The van der Waals surface area contributed by atoms with E-state index in [9.17, 15) is 22.0 Å². The minimum absolute atomic E-state index is 0.00345. The van der Waals surface area contributed by atoms with Crippen LogP contribution in [-0.2, 0) is 34.3 Å². The van der Waals surface area contributed by atoms with Gasteiger partial charge in [0.25, 0.3) is 0 Å². The Labute approximate surface area is 172 Å². The molecule has 0 radical (unpaired) electrons. The molecule has 1 N–H and O–H groups in total. The molecule has 0 saturated heterocycles. The van der Waals surface area contributed by atoms with E-state index in [4.69, 9.17) is 5.11 Å². The van der Waals surface area contributed by atoms with Crippen LogP contribution in [0.4, 0.5) is 8.78 Å². The molecule has 0 unspecified atom stereocenters. The lowest BCUT2D eigenvalue weighted by Crippen LogP contribution is -2.36. The number of halogens is 2. The van der Waals surface area contributed by atoms with Gasteiger partial charge in [-0.3, -0.25) is 4.79 Å². The Balaban J connectivity index is 1.72. The largest absolute Gasteiger partial charge is 0.481 e. The summed E-state index contributed by atoms with van der Waals surface area (Å²) in [5, 5.41) is 9.55. The predicted molar refractivity (Wildman–Crippen MR) is 106 cm³/mol. The summed E-state index contributed by atoms with van der Waals surface area (Å²) in [7, 11) is -3.83. The fourth-order valence-corrected chi connectivity index (χ4v) is 5.41. The van der Waals surface area contributed by atoms with Gasteiger partial charge in [-0.15, -0.1) is 0 Å². The zero-order valence-electron chi connectivity index (χ0n) is 16.0. The molecule has 6 nitrogen and oxygen atoms in total. The minimum atomic E-state index is -3.83. The number of aryl methyl sites for hydroxylation is 1. The van der Waals surface area contributed by atoms with E-state index in [1.54, 1.807) is 6.07 Å². The molecule has 0 bridgehead atoms. The average Bonchev–Trinajstić information content (AvgIpc) is 3.00. The topological polar surface area (TPSA) is 79.6 Å². The van der Waals surface area contributed by atoms with E-state index in [1.807, 2.05) is 4.57 Å². The van der Waals surface area contributed by atoms with E-state index in [0.717, 1.165) is 28.9 Å². The van der Waals surface area contributed by atoms with Crippen molar-refractivity contribution in [3.8, 4) is 0 Å². The first-order valence-corrected chi connectivity index (χ1v) is 11.0. The lowest BCUT2D eigenvalue weighted by Gasteiger charge is -2.27. The second-order valence-corrected chi connectivity index (χ2v) is 9.22. The summed E-state index contributed by atoms with van der Waals surface area (Å²) in [5.74, 6) is -1.83. The van der Waals surface area contributed by atoms with E-state index in [2.05, 4.69) is 0 Å². The number of hydrogen-bond acceptors (Lipinski definition) is 3. The van der Waals surface area contributed by atoms with E-state index in [0.29, 0.717) is 24.8 Å². The highest BCUT2D eigenvalue weighted by molar-refractivity contribution is 7.89. The number of fused-ring (bicyclic) bond motifs is 3. The SMILES string of the molecule is O=C(O)CCCn1c2c(c3cc(F)ccc31)CN(S(=O)(=O)c1ccc(F)cc1)CC2. The van der Waals surface area contributed by atoms with Crippen molar-refractivity contribution in [2.45, 2.75) is 37.2 Å². The fraction of sp³-hybridized carbons (Fsp3) is 0.286. The van der Waals surface area contributed by atoms with Crippen molar-refractivity contribution < 1.29 is 27.1 Å². The molecule has 0 aliphatic carbocycles. The van der Waals surface area contributed by atoms with Crippen molar-refractivity contribution in [2.24, 2.45) is 0 Å². The van der Waals surface area contributed by atoms with Gasteiger partial charge < -0.3 is 9.67 Å². The molecule has 0 amide bonds. The first-order valence-electron chi connectivity index (χ1n) is 9.54. The summed E-state index contributed by atoms with van der Waals surface area (Å²) in [4.78, 5) is 10.9. The highest BCUT2D eigenvalue weighted by Crippen LogP contribution is 2.34. The van der Waals surface area contributed by atoms with Gasteiger partial charge in [-0.2, -0.15) is 4.31 Å². The molecule has 0 atom stereocenters. The minimum Gasteiger partial charge on any atom is -0.481 e. The van der Waals surface area contributed by atoms with Crippen LogP contribution in [0.25, 0.3) is 10.9 Å². The molecule has 1 aliphatic heterocycles. The molecule has 2 heterocycles. The summed E-state index contributed by atoms with van der Waals surface area (Å²) in [5.41, 5.74) is 2.37. The van der Waals surface area contributed by atoms with E-state index in [1.165, 1.54) is 28.6 Å². The maximum Gasteiger partial charge on any atom is 0.303 e. The summed E-state index contributed by atoms with van der Waals surface area (Å²) >= 11 is 0. The standard InChI is InChI=1S/C21H20F2N2O4S/c22-14-3-6-16(7-4-14)30(28,29)24-11-9-20-18(13-24)17-12-15(23)5-8-19(17)25(20)10-1-2-21(26)27/h3-8,12H,1-2,9-11,13H2,(H,26,27). The molecule has 0 fully saturated rings. The summed E-state index contributed by atoms with van der Waals surface area (Å²) in [6, 6.07) is 9.04. The lowest BCUT2D eigenvalue weighted by molar-refractivity contribution is -0.137. The van der Waals surface area contributed by atoms with Gasteiger partial charge >= 0.3 is 5.97 Å². The quantitative estimate of drug-likeness (QED) is 0.644. The average molecular weight is 434 g/mol. The van der Waals surface area contributed by atoms with Crippen LogP contribution in [0.5, 0.6) is 0 Å². The Hall–Kier alpha value is -2.78. The Morgan fingerprint density at radius 2 is 1.77 bits per heavy atom. The number of sulfonamides is 1. The molecule has 3 aromatic rings. The third kappa shape index (κ3) is 3.70. The van der Waals surface area contributed by atoms with Crippen molar-refractivity contribution >= 4 is 26.9 Å². The molecule has 30 heavy (non-hydrogen) atoms. The molecule has 4 rings (SSSR count). The molecular formula is C21H20F2N2O4S. The van der Waals surface area contributed by atoms with Crippen molar-refractivity contribution in [3.05, 3.63) is 65.4 Å². The van der Waals surface area contributed by atoms with Gasteiger partial charge in [-0.05, 0) is 54.4 Å². The van der Waals surface area contributed by atoms with Crippen molar-refractivity contribution in [1.29, 1.82) is 0 Å². The van der Waals surface area contributed by atoms with Gasteiger partial charge in [0.2, 0.25) is 10.0 Å². The molecule has 2 aromatic carbocycles. The Bertz CT molecular complexity index is 1220. The Morgan fingerprint density at radius 1 is 1.07 bits per heavy atom. The van der Waals surface area contributed by atoms with Crippen LogP contribution >= 0.6 is 0 Å². The monoisotopic (exact) mass is 434 g/mol. The van der Waals surface area contributed by atoms with Crippen molar-refractivity contribution in [3.63, 3.8) is 0 Å². The van der Waals surface area contributed by atoms with E-state index in [-0.39, 0.29) is 24.4 Å². The number of rotatable bonds is 6. The second kappa shape index (κ2) is 7.81. The zero-order chi connectivity index (χ0) is 21.5. The van der Waals surface area contributed by atoms with Gasteiger partial charge in [-0.1, -0.05) is 0 Å². The number of nitrogens with zero attached hydrogens (tertiary/aromatic N) is 2. The van der Waals surface area contributed by atoms with E-state index < -0.39 is 27.6 Å².